The minimum atomic E-state index is -0.421. The van der Waals surface area contributed by atoms with E-state index in [0.29, 0.717) is 19.6 Å². The lowest BCUT2D eigenvalue weighted by atomic mass is 10.2. The largest absolute Gasteiger partial charge is 0.351 e. The van der Waals surface area contributed by atoms with Gasteiger partial charge in [0.05, 0.1) is 12.6 Å². The van der Waals surface area contributed by atoms with Crippen molar-refractivity contribution in [3.63, 3.8) is 0 Å². The highest BCUT2D eigenvalue weighted by atomic mass is 19.1. The Morgan fingerprint density at radius 3 is 2.26 bits per heavy atom. The van der Waals surface area contributed by atoms with Gasteiger partial charge in [0, 0.05) is 19.6 Å². The number of nitrogens with one attached hydrogen (secondary N) is 1. The second-order valence-electron chi connectivity index (χ2n) is 5.50. The molecule has 0 heterocycles. The van der Waals surface area contributed by atoms with E-state index in [4.69, 9.17) is 0 Å². The van der Waals surface area contributed by atoms with E-state index in [1.807, 2.05) is 13.8 Å². The number of nitrogens with zero attached hydrogens (tertiary/aromatic N) is 2. The summed E-state index contributed by atoms with van der Waals surface area (Å²) in [5.74, 6) is -0.456. The maximum absolute atomic E-state index is 12.8. The van der Waals surface area contributed by atoms with Gasteiger partial charge in [-0.15, -0.1) is 0 Å². The average molecular weight is 323 g/mol. The normalized spacial score (nSPS) is 12.1. The molecular weight excluding hydrogens is 297 g/mol. The van der Waals surface area contributed by atoms with Crippen molar-refractivity contribution in [1.82, 2.24) is 15.1 Å². The number of hydrogen-bond acceptors (Lipinski definition) is 3. The fourth-order valence-electron chi connectivity index (χ4n) is 2.17. The fraction of sp³-hybridized carbons (Fsp3) is 0.529. The smallest absolute Gasteiger partial charge is 0.237 e. The molecule has 1 rings (SSSR count). The van der Waals surface area contributed by atoms with Gasteiger partial charge < -0.3 is 10.2 Å². The van der Waals surface area contributed by atoms with Crippen LogP contribution in [0, 0.1) is 5.82 Å². The molecular formula is C17H26FN3O2. The highest BCUT2D eigenvalue weighted by molar-refractivity contribution is 5.83. The lowest BCUT2D eigenvalue weighted by Gasteiger charge is -2.26. The Kier molecular flexibility index (Phi) is 7.68. The number of carbonyl (C=O) groups is 2. The van der Waals surface area contributed by atoms with Gasteiger partial charge in [-0.1, -0.05) is 12.1 Å². The number of carbonyl (C=O) groups excluding carboxylic acids is 2. The van der Waals surface area contributed by atoms with Crippen molar-refractivity contribution in [1.29, 1.82) is 0 Å². The maximum Gasteiger partial charge on any atom is 0.237 e. The molecule has 0 aromatic heterocycles. The van der Waals surface area contributed by atoms with Crippen molar-refractivity contribution < 1.29 is 14.0 Å². The van der Waals surface area contributed by atoms with Crippen LogP contribution in [0.2, 0.25) is 0 Å². The number of amides is 2. The summed E-state index contributed by atoms with van der Waals surface area (Å²) in [6.07, 6.45) is 0. The Balaban J connectivity index is 2.48. The molecule has 0 bridgehead atoms. The number of rotatable bonds is 8. The minimum absolute atomic E-state index is 0.00989. The third-order valence-corrected chi connectivity index (χ3v) is 3.92. The Bertz CT molecular complexity index is 515. The van der Waals surface area contributed by atoms with E-state index >= 15 is 0 Å². The molecule has 5 nitrogen and oxygen atoms in total. The van der Waals surface area contributed by atoms with Crippen molar-refractivity contribution in [2.24, 2.45) is 0 Å². The van der Waals surface area contributed by atoms with Crippen LogP contribution in [0.15, 0.2) is 24.3 Å². The van der Waals surface area contributed by atoms with Crippen LogP contribution >= 0.6 is 0 Å². The first-order valence-electron chi connectivity index (χ1n) is 7.89. The highest BCUT2D eigenvalue weighted by Crippen LogP contribution is 2.03. The summed E-state index contributed by atoms with van der Waals surface area (Å²) < 4.78 is 12.8. The van der Waals surface area contributed by atoms with Crippen molar-refractivity contribution in [3.05, 3.63) is 35.6 Å². The van der Waals surface area contributed by atoms with Gasteiger partial charge in [-0.3, -0.25) is 14.5 Å². The van der Waals surface area contributed by atoms with Crippen LogP contribution in [0.1, 0.15) is 26.3 Å². The average Bonchev–Trinajstić information content (AvgIpc) is 2.54. The van der Waals surface area contributed by atoms with Gasteiger partial charge in [0.2, 0.25) is 11.8 Å². The third kappa shape index (κ3) is 5.98. The van der Waals surface area contributed by atoms with Gasteiger partial charge in [-0.25, -0.2) is 4.39 Å². The molecule has 1 N–H and O–H groups in total. The van der Waals surface area contributed by atoms with E-state index in [0.717, 1.165) is 5.56 Å². The molecule has 0 saturated heterocycles. The van der Waals surface area contributed by atoms with Crippen molar-refractivity contribution in [2.75, 3.05) is 26.7 Å². The monoisotopic (exact) mass is 323 g/mol. The van der Waals surface area contributed by atoms with Crippen LogP contribution in [-0.2, 0) is 16.1 Å². The zero-order chi connectivity index (χ0) is 17.4. The lowest BCUT2D eigenvalue weighted by molar-refractivity contribution is -0.133. The van der Waals surface area contributed by atoms with Gasteiger partial charge in [-0.2, -0.15) is 0 Å². The van der Waals surface area contributed by atoms with E-state index in [1.165, 1.54) is 12.1 Å². The summed E-state index contributed by atoms with van der Waals surface area (Å²) in [7, 11) is 1.75. The van der Waals surface area contributed by atoms with Gasteiger partial charge in [0.25, 0.3) is 0 Å². The van der Waals surface area contributed by atoms with Crippen LogP contribution in [0.5, 0.6) is 0 Å². The topological polar surface area (TPSA) is 52.7 Å². The number of halogens is 1. The number of likely N-dealkylation sites (N-methyl/N-ethyl adjacent to an activating group) is 2. The molecule has 0 aliphatic heterocycles. The van der Waals surface area contributed by atoms with Gasteiger partial charge in [0.15, 0.2) is 0 Å². The van der Waals surface area contributed by atoms with E-state index in [-0.39, 0.29) is 24.2 Å². The Labute approximate surface area is 137 Å². The molecule has 1 unspecified atom stereocenters. The molecule has 1 aromatic rings. The first-order valence-corrected chi connectivity index (χ1v) is 7.89. The second-order valence-corrected chi connectivity index (χ2v) is 5.50. The van der Waals surface area contributed by atoms with E-state index in [9.17, 15) is 14.0 Å². The summed E-state index contributed by atoms with van der Waals surface area (Å²) in [5.41, 5.74) is 0.828. The standard InChI is InChI=1S/C17H26FN3O2/c1-5-21(6-2)16(22)12-20(4)13(3)17(23)19-11-14-7-9-15(18)10-8-14/h7-10,13H,5-6,11-12H2,1-4H3,(H,19,23). The van der Waals surface area contributed by atoms with Gasteiger partial charge in [-0.05, 0) is 45.5 Å². The summed E-state index contributed by atoms with van der Waals surface area (Å²) in [6, 6.07) is 5.57. The van der Waals surface area contributed by atoms with Crippen LogP contribution in [0.4, 0.5) is 4.39 Å². The molecule has 6 heteroatoms. The van der Waals surface area contributed by atoms with Crippen LogP contribution in [0.25, 0.3) is 0 Å². The predicted octanol–water partition coefficient (Wildman–Crippen LogP) is 1.63. The number of hydrogen-bond donors (Lipinski definition) is 1. The lowest BCUT2D eigenvalue weighted by Crippen LogP contribution is -2.47. The highest BCUT2D eigenvalue weighted by Gasteiger charge is 2.21. The summed E-state index contributed by atoms with van der Waals surface area (Å²) in [6.45, 7) is 7.48. The molecule has 23 heavy (non-hydrogen) atoms. The molecule has 0 aliphatic rings. The SMILES string of the molecule is CCN(CC)C(=O)CN(C)C(C)C(=O)NCc1ccc(F)cc1. The molecule has 1 atom stereocenters. The molecule has 0 radical (unpaired) electrons. The van der Waals surface area contributed by atoms with Gasteiger partial charge >= 0.3 is 0 Å². The first kappa shape index (κ1) is 19.1. The molecule has 2 amide bonds. The first-order chi connectivity index (χ1) is 10.9. The van der Waals surface area contributed by atoms with Crippen molar-refractivity contribution in [3.8, 4) is 0 Å². The molecule has 1 aromatic carbocycles. The molecule has 0 fully saturated rings. The van der Waals surface area contributed by atoms with E-state index < -0.39 is 6.04 Å². The number of benzene rings is 1. The Hall–Kier alpha value is -1.95. The van der Waals surface area contributed by atoms with Crippen molar-refractivity contribution in [2.45, 2.75) is 33.4 Å². The Morgan fingerprint density at radius 1 is 1.17 bits per heavy atom. The van der Waals surface area contributed by atoms with Crippen LogP contribution in [0.3, 0.4) is 0 Å². The Morgan fingerprint density at radius 2 is 1.74 bits per heavy atom. The molecule has 0 spiro atoms. The summed E-state index contributed by atoms with van der Waals surface area (Å²) in [4.78, 5) is 27.7. The minimum Gasteiger partial charge on any atom is -0.351 e. The zero-order valence-electron chi connectivity index (χ0n) is 14.3. The summed E-state index contributed by atoms with van der Waals surface area (Å²) >= 11 is 0. The van der Waals surface area contributed by atoms with Crippen LogP contribution < -0.4 is 5.32 Å². The maximum atomic E-state index is 12.8. The zero-order valence-corrected chi connectivity index (χ0v) is 14.3. The third-order valence-electron chi connectivity index (χ3n) is 3.92. The van der Waals surface area contributed by atoms with Crippen molar-refractivity contribution >= 4 is 11.8 Å². The molecule has 128 valence electrons. The quantitative estimate of drug-likeness (QED) is 0.791. The second kappa shape index (κ2) is 9.25. The van der Waals surface area contributed by atoms with Gasteiger partial charge in [0.1, 0.15) is 5.82 Å². The van der Waals surface area contributed by atoms with E-state index in [2.05, 4.69) is 5.32 Å². The summed E-state index contributed by atoms with van der Waals surface area (Å²) in [5, 5.41) is 2.80. The molecule has 0 aliphatic carbocycles. The fourth-order valence-corrected chi connectivity index (χ4v) is 2.17. The van der Waals surface area contributed by atoms with E-state index in [1.54, 1.807) is 35.9 Å². The predicted molar refractivity (Wildman–Crippen MR) is 88.3 cm³/mol. The van der Waals surface area contributed by atoms with Crippen LogP contribution in [-0.4, -0.2) is 54.3 Å². The molecule has 0 saturated carbocycles.